The monoisotopic (exact) mass is 172 g/mol. The molecule has 12 heavy (non-hydrogen) atoms. The molecule has 0 heterocycles. The van der Waals surface area contributed by atoms with Crippen LogP contribution < -0.4 is 5.32 Å². The number of nitrogens with one attached hydrogen (secondary N) is 1. The highest BCUT2D eigenvalue weighted by Crippen LogP contribution is 2.24. The highest BCUT2D eigenvalue weighted by atomic mass is 16.4. The molecule has 0 aliphatic heterocycles. The Bertz CT molecular complexity index is 201. The molecule has 0 bridgehead atoms. The molecule has 0 saturated heterocycles. The summed E-state index contributed by atoms with van der Waals surface area (Å²) < 4.78 is 0. The van der Waals surface area contributed by atoms with E-state index in [9.17, 15) is 9.59 Å². The van der Waals surface area contributed by atoms with Gasteiger partial charge in [-0.3, -0.25) is 4.79 Å². The molecule has 1 fully saturated rings. The van der Waals surface area contributed by atoms with Crippen LogP contribution in [0.1, 0.15) is 12.8 Å². The summed E-state index contributed by atoms with van der Waals surface area (Å²) in [6.45, 7) is -0.310. The molecule has 0 atom stereocenters. The van der Waals surface area contributed by atoms with Crippen molar-refractivity contribution < 1.29 is 14.7 Å². The Morgan fingerprint density at radius 2 is 2.17 bits per heavy atom. The van der Waals surface area contributed by atoms with Crippen molar-refractivity contribution in [3.05, 3.63) is 0 Å². The van der Waals surface area contributed by atoms with Crippen LogP contribution in [0.25, 0.3) is 0 Å². The molecule has 68 valence electrons. The standard InChI is InChI=1S/C7H12N2O3/c1-9(5-2-3-5)7(12)8-4-6(10)11/h5H,2-4H2,1H3,(H,8,12)(H,10,11). The van der Waals surface area contributed by atoms with E-state index in [1.165, 1.54) is 0 Å². The van der Waals surface area contributed by atoms with Crippen LogP contribution in [0.4, 0.5) is 4.79 Å². The maximum atomic E-state index is 11.1. The first kappa shape index (κ1) is 8.83. The highest BCUT2D eigenvalue weighted by molar-refractivity contribution is 5.80. The van der Waals surface area contributed by atoms with Gasteiger partial charge in [0.05, 0.1) is 0 Å². The SMILES string of the molecule is CN(C(=O)NCC(=O)O)C1CC1. The maximum Gasteiger partial charge on any atom is 0.323 e. The van der Waals surface area contributed by atoms with E-state index in [0.717, 1.165) is 12.8 Å². The second-order valence-corrected chi connectivity index (χ2v) is 2.89. The van der Waals surface area contributed by atoms with Gasteiger partial charge in [-0.25, -0.2) is 4.79 Å². The van der Waals surface area contributed by atoms with E-state index in [-0.39, 0.29) is 12.6 Å². The fourth-order valence-corrected chi connectivity index (χ4v) is 0.904. The van der Waals surface area contributed by atoms with Gasteiger partial charge < -0.3 is 15.3 Å². The normalized spacial score (nSPS) is 15.4. The van der Waals surface area contributed by atoms with Crippen LogP contribution in [-0.2, 0) is 4.79 Å². The number of carboxylic acids is 1. The zero-order valence-electron chi connectivity index (χ0n) is 6.91. The van der Waals surface area contributed by atoms with Crippen LogP contribution in [-0.4, -0.2) is 41.6 Å². The van der Waals surface area contributed by atoms with Crippen molar-refractivity contribution in [3.8, 4) is 0 Å². The van der Waals surface area contributed by atoms with Gasteiger partial charge in [0.2, 0.25) is 0 Å². The minimum atomic E-state index is -1.02. The quantitative estimate of drug-likeness (QED) is 0.623. The molecule has 5 heteroatoms. The summed E-state index contributed by atoms with van der Waals surface area (Å²) in [5, 5.41) is 10.6. The maximum absolute atomic E-state index is 11.1. The van der Waals surface area contributed by atoms with Gasteiger partial charge in [0.25, 0.3) is 0 Å². The van der Waals surface area contributed by atoms with Crippen LogP contribution in [0.3, 0.4) is 0 Å². The average molecular weight is 172 g/mol. The van der Waals surface area contributed by atoms with Crippen molar-refractivity contribution in [1.82, 2.24) is 10.2 Å². The second-order valence-electron chi connectivity index (χ2n) is 2.89. The summed E-state index contributed by atoms with van der Waals surface area (Å²) in [7, 11) is 1.68. The topological polar surface area (TPSA) is 69.6 Å². The third kappa shape index (κ3) is 2.41. The van der Waals surface area contributed by atoms with E-state index in [1.807, 2.05) is 0 Å². The molecule has 0 unspecified atom stereocenters. The van der Waals surface area contributed by atoms with E-state index in [4.69, 9.17) is 5.11 Å². The largest absolute Gasteiger partial charge is 0.480 e. The minimum Gasteiger partial charge on any atom is -0.480 e. The van der Waals surface area contributed by atoms with Crippen LogP contribution in [0.2, 0.25) is 0 Å². The van der Waals surface area contributed by atoms with E-state index in [2.05, 4.69) is 5.32 Å². The first-order chi connectivity index (χ1) is 5.61. The number of carbonyl (C=O) groups excluding carboxylic acids is 1. The average Bonchev–Trinajstić information content (AvgIpc) is 2.80. The van der Waals surface area contributed by atoms with Crippen LogP contribution in [0, 0.1) is 0 Å². The van der Waals surface area contributed by atoms with Gasteiger partial charge in [-0.15, -0.1) is 0 Å². The summed E-state index contributed by atoms with van der Waals surface area (Å²) in [6.07, 6.45) is 2.05. The number of rotatable bonds is 3. The molecule has 0 radical (unpaired) electrons. The summed E-state index contributed by atoms with van der Waals surface area (Å²) in [5.74, 6) is -1.02. The molecular weight excluding hydrogens is 160 g/mol. The zero-order chi connectivity index (χ0) is 9.14. The zero-order valence-corrected chi connectivity index (χ0v) is 6.91. The molecule has 0 spiro atoms. The van der Waals surface area contributed by atoms with Gasteiger partial charge in [0, 0.05) is 13.1 Å². The number of hydrogen-bond acceptors (Lipinski definition) is 2. The Kier molecular flexibility index (Phi) is 2.52. The number of hydrogen-bond donors (Lipinski definition) is 2. The van der Waals surface area contributed by atoms with E-state index in [1.54, 1.807) is 11.9 Å². The van der Waals surface area contributed by atoms with Crippen molar-refractivity contribution >= 4 is 12.0 Å². The molecule has 5 nitrogen and oxygen atoms in total. The van der Waals surface area contributed by atoms with Crippen molar-refractivity contribution in [1.29, 1.82) is 0 Å². The third-order valence-electron chi connectivity index (χ3n) is 1.81. The van der Waals surface area contributed by atoms with Gasteiger partial charge in [0.1, 0.15) is 6.54 Å². The number of nitrogens with zero attached hydrogens (tertiary/aromatic N) is 1. The first-order valence-corrected chi connectivity index (χ1v) is 3.83. The smallest absolute Gasteiger partial charge is 0.323 e. The summed E-state index contributed by atoms with van der Waals surface area (Å²) in [5.41, 5.74) is 0. The molecule has 0 aromatic heterocycles. The third-order valence-corrected chi connectivity index (χ3v) is 1.81. The molecule has 1 aliphatic rings. The van der Waals surface area contributed by atoms with Crippen molar-refractivity contribution in [2.75, 3.05) is 13.6 Å². The lowest BCUT2D eigenvalue weighted by atomic mass is 10.6. The van der Waals surface area contributed by atoms with Gasteiger partial charge in [-0.2, -0.15) is 0 Å². The highest BCUT2D eigenvalue weighted by Gasteiger charge is 2.29. The number of amides is 2. The Morgan fingerprint density at radius 1 is 1.58 bits per heavy atom. The number of carbonyl (C=O) groups is 2. The fourth-order valence-electron chi connectivity index (χ4n) is 0.904. The predicted octanol–water partition coefficient (Wildman–Crippen LogP) is -0.125. The Balaban J connectivity index is 2.22. The van der Waals surface area contributed by atoms with E-state index >= 15 is 0 Å². The molecule has 1 aliphatic carbocycles. The lowest BCUT2D eigenvalue weighted by molar-refractivity contribution is -0.135. The van der Waals surface area contributed by atoms with E-state index < -0.39 is 5.97 Å². The van der Waals surface area contributed by atoms with Crippen LogP contribution in [0.5, 0.6) is 0 Å². The first-order valence-electron chi connectivity index (χ1n) is 3.83. The Labute approximate surface area is 70.4 Å². The molecule has 0 aromatic rings. The lowest BCUT2D eigenvalue weighted by Gasteiger charge is -2.15. The minimum absolute atomic E-state index is 0.306. The second kappa shape index (κ2) is 3.42. The fraction of sp³-hybridized carbons (Fsp3) is 0.714. The molecule has 2 N–H and O–H groups in total. The summed E-state index contributed by atoms with van der Waals surface area (Å²) in [6, 6.07) is 0.0127. The van der Waals surface area contributed by atoms with Crippen LogP contribution >= 0.6 is 0 Å². The molecule has 1 saturated carbocycles. The number of aliphatic carboxylic acids is 1. The molecule has 2 amide bonds. The molecular formula is C7H12N2O3. The summed E-state index contributed by atoms with van der Waals surface area (Å²) in [4.78, 5) is 22.7. The van der Waals surface area contributed by atoms with Gasteiger partial charge in [-0.1, -0.05) is 0 Å². The van der Waals surface area contributed by atoms with Gasteiger partial charge in [-0.05, 0) is 12.8 Å². The predicted molar refractivity (Wildman–Crippen MR) is 41.8 cm³/mol. The van der Waals surface area contributed by atoms with Crippen molar-refractivity contribution in [2.45, 2.75) is 18.9 Å². The summed E-state index contributed by atoms with van der Waals surface area (Å²) >= 11 is 0. The molecule has 1 rings (SSSR count). The van der Waals surface area contributed by atoms with E-state index in [0.29, 0.717) is 6.04 Å². The van der Waals surface area contributed by atoms with Gasteiger partial charge in [0.15, 0.2) is 0 Å². The lowest BCUT2D eigenvalue weighted by Crippen LogP contribution is -2.40. The van der Waals surface area contributed by atoms with Crippen molar-refractivity contribution in [2.24, 2.45) is 0 Å². The van der Waals surface area contributed by atoms with Gasteiger partial charge >= 0.3 is 12.0 Å². The number of urea groups is 1. The molecule has 0 aromatic carbocycles. The number of carboxylic acid groups (broad SMARTS) is 1. The Hall–Kier alpha value is -1.26. The van der Waals surface area contributed by atoms with Crippen LogP contribution in [0.15, 0.2) is 0 Å². The Morgan fingerprint density at radius 3 is 2.58 bits per heavy atom. The van der Waals surface area contributed by atoms with Crippen molar-refractivity contribution in [3.63, 3.8) is 0 Å².